The van der Waals surface area contributed by atoms with Crippen molar-refractivity contribution in [3.05, 3.63) is 42.5 Å². The molecule has 130 valence electrons. The van der Waals surface area contributed by atoms with E-state index in [2.05, 4.69) is 0 Å². The van der Waals surface area contributed by atoms with Crippen molar-refractivity contribution in [3.8, 4) is 5.75 Å². The van der Waals surface area contributed by atoms with Crippen LogP contribution in [0.1, 0.15) is 13.8 Å². The van der Waals surface area contributed by atoms with Gasteiger partial charge >= 0.3 is 0 Å². The van der Waals surface area contributed by atoms with Gasteiger partial charge in [-0.2, -0.15) is 0 Å². The highest BCUT2D eigenvalue weighted by Crippen LogP contribution is 2.31. The smallest absolute Gasteiger partial charge is 0.260 e. The standard InChI is InChI=1S/C20H21NO4/c1-13-10-21(11-14(2)24-13)20(22)12-23-15-7-8-19-17(9-15)16-5-3-4-6-18(16)25-19/h3-9,13-14H,10-12H2,1-2H3. The first kappa shape index (κ1) is 16.0. The summed E-state index contributed by atoms with van der Waals surface area (Å²) >= 11 is 0. The number of para-hydroxylation sites is 1. The zero-order valence-electron chi connectivity index (χ0n) is 14.4. The summed E-state index contributed by atoms with van der Waals surface area (Å²) in [5.41, 5.74) is 1.66. The Morgan fingerprint density at radius 2 is 1.80 bits per heavy atom. The first-order valence-electron chi connectivity index (χ1n) is 8.57. The molecule has 1 aromatic heterocycles. The molecule has 3 aromatic rings. The van der Waals surface area contributed by atoms with E-state index in [0.717, 1.165) is 21.9 Å². The fraction of sp³-hybridized carbons (Fsp3) is 0.350. The molecule has 2 unspecified atom stereocenters. The molecule has 1 aliphatic rings. The molecule has 0 N–H and O–H groups in total. The largest absolute Gasteiger partial charge is 0.484 e. The Balaban J connectivity index is 1.49. The number of carbonyl (C=O) groups is 1. The second-order valence-corrected chi connectivity index (χ2v) is 6.60. The van der Waals surface area contributed by atoms with Gasteiger partial charge in [-0.3, -0.25) is 4.79 Å². The van der Waals surface area contributed by atoms with E-state index in [4.69, 9.17) is 13.9 Å². The Bertz CT molecular complexity index is 906. The summed E-state index contributed by atoms with van der Waals surface area (Å²) < 4.78 is 17.2. The van der Waals surface area contributed by atoms with Gasteiger partial charge in [0.15, 0.2) is 6.61 Å². The van der Waals surface area contributed by atoms with E-state index >= 15 is 0 Å². The highest BCUT2D eigenvalue weighted by molar-refractivity contribution is 6.05. The first-order chi connectivity index (χ1) is 12.1. The number of amides is 1. The summed E-state index contributed by atoms with van der Waals surface area (Å²) in [6.07, 6.45) is 0.114. The lowest BCUT2D eigenvalue weighted by Crippen LogP contribution is -2.49. The van der Waals surface area contributed by atoms with Crippen molar-refractivity contribution in [2.24, 2.45) is 0 Å². The molecule has 0 spiro atoms. The third kappa shape index (κ3) is 3.20. The molecule has 1 amide bonds. The van der Waals surface area contributed by atoms with Crippen molar-refractivity contribution in [2.45, 2.75) is 26.1 Å². The number of hydrogen-bond acceptors (Lipinski definition) is 4. The van der Waals surface area contributed by atoms with Crippen LogP contribution < -0.4 is 4.74 Å². The molecule has 2 heterocycles. The van der Waals surface area contributed by atoms with Crippen LogP contribution in [0.3, 0.4) is 0 Å². The lowest BCUT2D eigenvalue weighted by atomic mass is 10.1. The van der Waals surface area contributed by atoms with Crippen LogP contribution in [-0.4, -0.2) is 42.7 Å². The number of hydrogen-bond donors (Lipinski definition) is 0. The van der Waals surface area contributed by atoms with E-state index < -0.39 is 0 Å². The van der Waals surface area contributed by atoms with Crippen LogP contribution in [0.4, 0.5) is 0 Å². The van der Waals surface area contributed by atoms with Crippen molar-refractivity contribution in [1.29, 1.82) is 0 Å². The maximum Gasteiger partial charge on any atom is 0.260 e. The summed E-state index contributed by atoms with van der Waals surface area (Å²) in [4.78, 5) is 14.2. The molecule has 1 saturated heterocycles. The van der Waals surface area contributed by atoms with E-state index in [-0.39, 0.29) is 24.7 Å². The fourth-order valence-electron chi connectivity index (χ4n) is 3.41. The average Bonchev–Trinajstić information content (AvgIpc) is 2.97. The highest BCUT2D eigenvalue weighted by Gasteiger charge is 2.26. The molecule has 1 fully saturated rings. The van der Waals surface area contributed by atoms with E-state index in [1.165, 1.54) is 0 Å². The van der Waals surface area contributed by atoms with Gasteiger partial charge in [-0.1, -0.05) is 18.2 Å². The van der Waals surface area contributed by atoms with E-state index in [0.29, 0.717) is 18.8 Å². The summed E-state index contributed by atoms with van der Waals surface area (Å²) in [5, 5.41) is 2.04. The molecule has 2 atom stereocenters. The molecule has 2 aromatic carbocycles. The van der Waals surface area contributed by atoms with Crippen LogP contribution in [-0.2, 0) is 9.53 Å². The minimum atomic E-state index is -0.0147. The highest BCUT2D eigenvalue weighted by atomic mass is 16.5. The predicted molar refractivity (Wildman–Crippen MR) is 95.8 cm³/mol. The van der Waals surface area contributed by atoms with Gasteiger partial charge in [-0.15, -0.1) is 0 Å². The Kier molecular flexibility index (Phi) is 4.09. The quantitative estimate of drug-likeness (QED) is 0.732. The Labute approximate surface area is 146 Å². The van der Waals surface area contributed by atoms with Crippen molar-refractivity contribution < 1.29 is 18.7 Å². The molecule has 5 heteroatoms. The lowest BCUT2D eigenvalue weighted by Gasteiger charge is -2.35. The summed E-state index contributed by atoms with van der Waals surface area (Å²) in [5.74, 6) is 0.654. The van der Waals surface area contributed by atoms with E-state index in [9.17, 15) is 4.79 Å². The molecular weight excluding hydrogens is 318 g/mol. The predicted octanol–water partition coefficient (Wildman–Crippen LogP) is 3.60. The van der Waals surface area contributed by atoms with Gasteiger partial charge in [0.05, 0.1) is 12.2 Å². The topological polar surface area (TPSA) is 51.9 Å². The number of ether oxygens (including phenoxy) is 2. The first-order valence-corrected chi connectivity index (χ1v) is 8.57. The van der Waals surface area contributed by atoms with E-state index in [1.807, 2.05) is 61.2 Å². The average molecular weight is 339 g/mol. The Hall–Kier alpha value is -2.53. The van der Waals surface area contributed by atoms with Gasteiger partial charge in [0.2, 0.25) is 0 Å². The van der Waals surface area contributed by atoms with Crippen LogP contribution in [0.5, 0.6) is 5.75 Å². The van der Waals surface area contributed by atoms with Crippen LogP contribution in [0.25, 0.3) is 21.9 Å². The molecule has 0 radical (unpaired) electrons. The number of carbonyl (C=O) groups excluding carboxylic acids is 1. The van der Waals surface area contributed by atoms with E-state index in [1.54, 1.807) is 0 Å². The number of nitrogens with zero attached hydrogens (tertiary/aromatic N) is 1. The summed E-state index contributed by atoms with van der Waals surface area (Å²) in [7, 11) is 0. The molecule has 0 saturated carbocycles. The number of fused-ring (bicyclic) bond motifs is 3. The van der Waals surface area contributed by atoms with Gasteiger partial charge < -0.3 is 18.8 Å². The van der Waals surface area contributed by atoms with Crippen LogP contribution in [0.15, 0.2) is 46.9 Å². The molecule has 4 rings (SSSR count). The van der Waals surface area contributed by atoms with Gasteiger partial charge in [0.1, 0.15) is 16.9 Å². The number of furan rings is 1. The van der Waals surface area contributed by atoms with Crippen LogP contribution in [0, 0.1) is 0 Å². The molecule has 25 heavy (non-hydrogen) atoms. The molecular formula is C20H21NO4. The minimum absolute atomic E-state index is 0.0147. The van der Waals surface area contributed by atoms with Gasteiger partial charge in [0.25, 0.3) is 5.91 Å². The maximum atomic E-state index is 12.4. The van der Waals surface area contributed by atoms with Crippen molar-refractivity contribution in [3.63, 3.8) is 0 Å². The Morgan fingerprint density at radius 3 is 2.60 bits per heavy atom. The maximum absolute atomic E-state index is 12.4. The summed E-state index contributed by atoms with van der Waals surface area (Å²) in [6, 6.07) is 13.5. The Morgan fingerprint density at radius 1 is 1.08 bits per heavy atom. The van der Waals surface area contributed by atoms with Crippen LogP contribution in [0.2, 0.25) is 0 Å². The van der Waals surface area contributed by atoms with Gasteiger partial charge in [-0.25, -0.2) is 0 Å². The summed E-state index contributed by atoms with van der Waals surface area (Å²) in [6.45, 7) is 5.21. The zero-order chi connectivity index (χ0) is 17.4. The number of benzene rings is 2. The normalized spacial score (nSPS) is 21.0. The van der Waals surface area contributed by atoms with Crippen LogP contribution >= 0.6 is 0 Å². The third-order valence-corrected chi connectivity index (χ3v) is 4.48. The molecule has 1 aliphatic heterocycles. The molecule has 0 bridgehead atoms. The van der Waals surface area contributed by atoms with Gasteiger partial charge in [-0.05, 0) is 38.1 Å². The zero-order valence-corrected chi connectivity index (χ0v) is 14.4. The monoisotopic (exact) mass is 339 g/mol. The molecule has 5 nitrogen and oxygen atoms in total. The number of morpholine rings is 1. The minimum Gasteiger partial charge on any atom is -0.484 e. The second-order valence-electron chi connectivity index (χ2n) is 6.60. The van der Waals surface area contributed by atoms with Gasteiger partial charge in [0, 0.05) is 23.9 Å². The third-order valence-electron chi connectivity index (χ3n) is 4.48. The van der Waals surface area contributed by atoms with Crippen molar-refractivity contribution in [1.82, 2.24) is 4.90 Å². The number of rotatable bonds is 3. The fourth-order valence-corrected chi connectivity index (χ4v) is 3.41. The lowest BCUT2D eigenvalue weighted by molar-refractivity contribution is -0.145. The van der Waals surface area contributed by atoms with Crippen molar-refractivity contribution in [2.75, 3.05) is 19.7 Å². The van der Waals surface area contributed by atoms with Crippen molar-refractivity contribution >= 4 is 27.8 Å². The second kappa shape index (κ2) is 6.41. The molecule has 0 aliphatic carbocycles. The SMILES string of the molecule is CC1CN(C(=O)COc2ccc3oc4ccccc4c3c2)CC(C)O1.